The fourth-order valence-electron chi connectivity index (χ4n) is 1.96. The standard InChI is InChI=1S/C15H26N2O4S2/c1-4-6-10-22(18,19)16-14-8-9-15(13(3)12-14)17-23(20,21)11-7-5-2/h8-9,12,16-17H,4-7,10-11H2,1-3H3. The van der Waals surface area contributed by atoms with E-state index >= 15 is 0 Å². The van der Waals surface area contributed by atoms with Gasteiger partial charge in [0.05, 0.1) is 17.2 Å². The molecule has 132 valence electrons. The fraction of sp³-hybridized carbons (Fsp3) is 0.600. The second-order valence-electron chi connectivity index (χ2n) is 5.58. The highest BCUT2D eigenvalue weighted by Crippen LogP contribution is 2.22. The molecule has 0 aliphatic rings. The van der Waals surface area contributed by atoms with E-state index in [4.69, 9.17) is 0 Å². The molecule has 0 aromatic heterocycles. The molecule has 23 heavy (non-hydrogen) atoms. The summed E-state index contributed by atoms with van der Waals surface area (Å²) in [7, 11) is -6.73. The number of nitrogens with one attached hydrogen (secondary N) is 2. The van der Waals surface area contributed by atoms with Crippen LogP contribution in [-0.2, 0) is 20.0 Å². The van der Waals surface area contributed by atoms with E-state index in [1.54, 1.807) is 25.1 Å². The van der Waals surface area contributed by atoms with E-state index in [-0.39, 0.29) is 11.5 Å². The predicted molar refractivity (Wildman–Crippen MR) is 95.8 cm³/mol. The minimum absolute atomic E-state index is 0.0773. The second kappa shape index (κ2) is 8.54. The van der Waals surface area contributed by atoms with E-state index in [0.29, 0.717) is 29.8 Å². The van der Waals surface area contributed by atoms with Gasteiger partial charge in [0, 0.05) is 5.69 Å². The summed E-state index contributed by atoms with van der Waals surface area (Å²) in [6, 6.07) is 4.77. The third-order valence-corrected chi connectivity index (χ3v) is 6.03. The number of hydrogen-bond acceptors (Lipinski definition) is 4. The minimum atomic E-state index is -3.37. The Labute approximate surface area is 139 Å². The highest BCUT2D eigenvalue weighted by molar-refractivity contribution is 7.93. The molecule has 0 heterocycles. The average Bonchev–Trinajstić information content (AvgIpc) is 2.45. The summed E-state index contributed by atoms with van der Waals surface area (Å²) in [6.07, 6.45) is 2.81. The lowest BCUT2D eigenvalue weighted by Crippen LogP contribution is -2.18. The van der Waals surface area contributed by atoms with E-state index in [1.165, 1.54) is 0 Å². The molecule has 0 atom stereocenters. The molecule has 0 saturated heterocycles. The van der Waals surface area contributed by atoms with E-state index in [9.17, 15) is 16.8 Å². The van der Waals surface area contributed by atoms with Crippen molar-refractivity contribution in [2.24, 2.45) is 0 Å². The van der Waals surface area contributed by atoms with Gasteiger partial charge in [-0.15, -0.1) is 0 Å². The maximum absolute atomic E-state index is 11.9. The van der Waals surface area contributed by atoms with Crippen molar-refractivity contribution in [3.05, 3.63) is 23.8 Å². The van der Waals surface area contributed by atoms with Crippen LogP contribution >= 0.6 is 0 Å². The molecule has 0 bridgehead atoms. The van der Waals surface area contributed by atoms with Gasteiger partial charge in [-0.3, -0.25) is 9.44 Å². The monoisotopic (exact) mass is 362 g/mol. The van der Waals surface area contributed by atoms with E-state index in [1.807, 2.05) is 13.8 Å². The Balaban J connectivity index is 2.82. The van der Waals surface area contributed by atoms with Crippen LogP contribution in [0.1, 0.15) is 45.1 Å². The predicted octanol–water partition coefficient (Wildman–Crippen LogP) is 3.08. The Bertz CT molecular complexity index is 713. The Morgan fingerprint density at radius 1 is 0.870 bits per heavy atom. The maximum Gasteiger partial charge on any atom is 0.232 e. The summed E-state index contributed by atoms with van der Waals surface area (Å²) in [4.78, 5) is 0. The number of anilines is 2. The maximum atomic E-state index is 11.9. The normalized spacial score (nSPS) is 12.1. The van der Waals surface area contributed by atoms with Crippen LogP contribution < -0.4 is 9.44 Å². The number of rotatable bonds is 10. The van der Waals surface area contributed by atoms with Crippen molar-refractivity contribution in [2.75, 3.05) is 20.9 Å². The second-order valence-corrected chi connectivity index (χ2v) is 9.26. The van der Waals surface area contributed by atoms with Crippen molar-refractivity contribution in [3.63, 3.8) is 0 Å². The van der Waals surface area contributed by atoms with Crippen LogP contribution in [0.2, 0.25) is 0 Å². The summed E-state index contributed by atoms with van der Waals surface area (Å²) in [5, 5.41) is 0. The Morgan fingerprint density at radius 3 is 1.87 bits per heavy atom. The van der Waals surface area contributed by atoms with Gasteiger partial charge < -0.3 is 0 Å². The van der Waals surface area contributed by atoms with Crippen LogP contribution in [0.3, 0.4) is 0 Å². The van der Waals surface area contributed by atoms with Gasteiger partial charge in [-0.2, -0.15) is 0 Å². The molecule has 0 aliphatic heterocycles. The van der Waals surface area contributed by atoms with Crippen LogP contribution in [0.15, 0.2) is 18.2 Å². The first-order chi connectivity index (χ1) is 10.7. The zero-order chi connectivity index (χ0) is 17.5. The molecule has 2 N–H and O–H groups in total. The van der Waals surface area contributed by atoms with E-state index in [2.05, 4.69) is 9.44 Å². The molecule has 1 aromatic carbocycles. The molecule has 8 heteroatoms. The highest BCUT2D eigenvalue weighted by atomic mass is 32.2. The summed E-state index contributed by atoms with van der Waals surface area (Å²) in [5.74, 6) is 0.155. The molecule has 6 nitrogen and oxygen atoms in total. The Hall–Kier alpha value is -1.28. The van der Waals surface area contributed by atoms with Crippen molar-refractivity contribution >= 4 is 31.4 Å². The summed E-state index contributed by atoms with van der Waals surface area (Å²) in [6.45, 7) is 5.60. The molecular formula is C15H26N2O4S2. The molecule has 1 rings (SSSR count). The average molecular weight is 363 g/mol. The highest BCUT2D eigenvalue weighted by Gasteiger charge is 2.13. The molecule has 0 spiro atoms. The third kappa shape index (κ3) is 7.22. The molecule has 0 saturated carbocycles. The smallest absolute Gasteiger partial charge is 0.232 e. The largest absolute Gasteiger partial charge is 0.284 e. The van der Waals surface area contributed by atoms with Crippen molar-refractivity contribution in [1.82, 2.24) is 0 Å². The Morgan fingerprint density at radius 2 is 1.39 bits per heavy atom. The van der Waals surface area contributed by atoms with Crippen LogP contribution in [0.5, 0.6) is 0 Å². The quantitative estimate of drug-likeness (QED) is 0.669. The van der Waals surface area contributed by atoms with Crippen molar-refractivity contribution in [1.29, 1.82) is 0 Å². The third-order valence-electron chi connectivity index (χ3n) is 3.30. The molecule has 1 aromatic rings. The van der Waals surface area contributed by atoms with Crippen LogP contribution in [0.25, 0.3) is 0 Å². The van der Waals surface area contributed by atoms with Gasteiger partial charge in [-0.05, 0) is 43.5 Å². The number of sulfonamides is 2. The first-order valence-corrected chi connectivity index (χ1v) is 11.1. The van der Waals surface area contributed by atoms with Gasteiger partial charge in [0.15, 0.2) is 0 Å². The summed E-state index contributed by atoms with van der Waals surface area (Å²) in [5.41, 5.74) is 1.58. The molecule has 0 fully saturated rings. The van der Waals surface area contributed by atoms with Crippen molar-refractivity contribution in [2.45, 2.75) is 46.5 Å². The summed E-state index contributed by atoms with van der Waals surface area (Å²) < 4.78 is 52.7. The zero-order valence-corrected chi connectivity index (χ0v) is 15.6. The lowest BCUT2D eigenvalue weighted by Gasteiger charge is -2.13. The Kier molecular flexibility index (Phi) is 7.34. The molecule has 0 unspecified atom stereocenters. The van der Waals surface area contributed by atoms with Gasteiger partial charge in [0.2, 0.25) is 20.0 Å². The van der Waals surface area contributed by atoms with Crippen molar-refractivity contribution in [3.8, 4) is 0 Å². The number of hydrogen-bond donors (Lipinski definition) is 2. The van der Waals surface area contributed by atoms with Crippen molar-refractivity contribution < 1.29 is 16.8 Å². The van der Waals surface area contributed by atoms with Gasteiger partial charge in [-0.25, -0.2) is 16.8 Å². The van der Waals surface area contributed by atoms with Gasteiger partial charge >= 0.3 is 0 Å². The molecule has 0 radical (unpaired) electrons. The lowest BCUT2D eigenvalue weighted by molar-refractivity contribution is 0.596. The first-order valence-electron chi connectivity index (χ1n) is 7.80. The molecule has 0 amide bonds. The topological polar surface area (TPSA) is 92.3 Å². The van der Waals surface area contributed by atoms with Gasteiger partial charge in [-0.1, -0.05) is 26.7 Å². The zero-order valence-electron chi connectivity index (χ0n) is 13.9. The van der Waals surface area contributed by atoms with Gasteiger partial charge in [0.25, 0.3) is 0 Å². The van der Waals surface area contributed by atoms with E-state index in [0.717, 1.165) is 12.8 Å². The number of aryl methyl sites for hydroxylation is 1. The number of benzene rings is 1. The fourth-order valence-corrected chi connectivity index (χ4v) is 4.55. The van der Waals surface area contributed by atoms with E-state index < -0.39 is 20.0 Å². The van der Waals surface area contributed by atoms with Crippen LogP contribution in [0.4, 0.5) is 11.4 Å². The molecular weight excluding hydrogens is 336 g/mol. The minimum Gasteiger partial charge on any atom is -0.284 e. The van der Waals surface area contributed by atoms with Gasteiger partial charge in [0.1, 0.15) is 0 Å². The van der Waals surface area contributed by atoms with Crippen LogP contribution in [0, 0.1) is 6.92 Å². The summed E-state index contributed by atoms with van der Waals surface area (Å²) >= 11 is 0. The van der Waals surface area contributed by atoms with Crippen LogP contribution in [-0.4, -0.2) is 28.3 Å². The molecule has 0 aliphatic carbocycles. The SMILES string of the molecule is CCCCS(=O)(=O)Nc1ccc(NS(=O)(=O)CCCC)c(C)c1. The number of unbranched alkanes of at least 4 members (excludes halogenated alkanes) is 2. The first kappa shape index (κ1) is 19.8. The lowest BCUT2D eigenvalue weighted by atomic mass is 10.2.